The summed E-state index contributed by atoms with van der Waals surface area (Å²) in [5.74, 6) is 0. The van der Waals surface area contributed by atoms with Crippen LogP contribution in [0.15, 0.2) is 0 Å². The molecule has 5 heteroatoms. The maximum absolute atomic E-state index is 11.5. The van der Waals surface area contributed by atoms with Crippen LogP contribution in [0.25, 0.3) is 0 Å². The van der Waals surface area contributed by atoms with E-state index in [0.717, 1.165) is 18.9 Å². The molecule has 0 aromatic carbocycles. The van der Waals surface area contributed by atoms with E-state index < -0.39 is 11.7 Å². The van der Waals surface area contributed by atoms with Crippen LogP contribution in [0.4, 0.5) is 4.79 Å². The Morgan fingerprint density at radius 2 is 1.79 bits per heavy atom. The highest BCUT2D eigenvalue weighted by molar-refractivity contribution is 5.67. The van der Waals surface area contributed by atoms with Crippen molar-refractivity contribution in [1.82, 2.24) is 15.8 Å². The minimum atomic E-state index is -0.444. The normalized spacial score (nSPS) is 28.6. The molecule has 2 fully saturated rings. The van der Waals surface area contributed by atoms with Gasteiger partial charge >= 0.3 is 6.09 Å². The molecule has 0 aromatic rings. The third kappa shape index (κ3) is 4.66. The van der Waals surface area contributed by atoms with Crippen molar-refractivity contribution in [3.63, 3.8) is 0 Å². The summed E-state index contributed by atoms with van der Waals surface area (Å²) >= 11 is 0. The third-order valence-electron chi connectivity index (χ3n) is 3.88. The van der Waals surface area contributed by atoms with Crippen molar-refractivity contribution in [3.8, 4) is 0 Å². The van der Waals surface area contributed by atoms with E-state index >= 15 is 0 Å². The molecule has 0 atom stereocenters. The van der Waals surface area contributed by atoms with Crippen LogP contribution < -0.4 is 10.9 Å². The largest absolute Gasteiger partial charge is 0.443 e. The summed E-state index contributed by atoms with van der Waals surface area (Å²) in [6.07, 6.45) is 5.67. The zero-order chi connectivity index (χ0) is 13.9. The van der Waals surface area contributed by atoms with E-state index in [9.17, 15) is 4.79 Å². The molecular formula is C14H27N3O2. The fourth-order valence-corrected chi connectivity index (χ4v) is 2.76. The van der Waals surface area contributed by atoms with E-state index in [-0.39, 0.29) is 0 Å². The summed E-state index contributed by atoms with van der Waals surface area (Å²) in [7, 11) is 0. The number of ether oxygens (including phenoxy) is 1. The minimum absolute atomic E-state index is 0.380. The number of carbonyl (C=O) groups excluding carboxylic acids is 1. The molecule has 1 saturated heterocycles. The van der Waals surface area contributed by atoms with Gasteiger partial charge in [-0.05, 0) is 66.0 Å². The van der Waals surface area contributed by atoms with Crippen molar-refractivity contribution in [3.05, 3.63) is 0 Å². The second-order valence-electron chi connectivity index (χ2n) is 6.67. The molecule has 1 heterocycles. The van der Waals surface area contributed by atoms with E-state index in [0.29, 0.717) is 6.04 Å². The Balaban J connectivity index is 1.61. The molecule has 1 saturated carbocycles. The van der Waals surface area contributed by atoms with Crippen LogP contribution in [0.2, 0.25) is 0 Å². The number of hydrogen-bond acceptors (Lipinski definition) is 4. The first-order valence-electron chi connectivity index (χ1n) is 7.42. The highest BCUT2D eigenvalue weighted by Crippen LogP contribution is 2.26. The zero-order valence-corrected chi connectivity index (χ0v) is 12.4. The molecule has 0 radical (unpaired) electrons. The number of nitrogens with one attached hydrogen (secondary N) is 2. The van der Waals surface area contributed by atoms with E-state index in [2.05, 4.69) is 15.8 Å². The molecule has 5 nitrogen and oxygen atoms in total. The predicted molar refractivity (Wildman–Crippen MR) is 74.7 cm³/mol. The molecule has 1 amide bonds. The number of nitrogens with zero attached hydrogens (tertiary/aromatic N) is 1. The number of hydrogen-bond donors (Lipinski definition) is 2. The van der Waals surface area contributed by atoms with Crippen LogP contribution in [0.3, 0.4) is 0 Å². The second kappa shape index (κ2) is 6.09. The summed E-state index contributed by atoms with van der Waals surface area (Å²) in [5, 5.41) is 0. The van der Waals surface area contributed by atoms with Gasteiger partial charge in [-0.15, -0.1) is 0 Å². The smallest absolute Gasteiger partial charge is 0.422 e. The third-order valence-corrected chi connectivity index (χ3v) is 3.88. The first-order chi connectivity index (χ1) is 8.94. The van der Waals surface area contributed by atoms with E-state index in [1.165, 1.54) is 32.4 Å². The van der Waals surface area contributed by atoms with Gasteiger partial charge in [0, 0.05) is 12.1 Å². The van der Waals surface area contributed by atoms with Crippen LogP contribution in [0.1, 0.15) is 52.9 Å². The first-order valence-corrected chi connectivity index (χ1v) is 7.42. The van der Waals surface area contributed by atoms with E-state index in [4.69, 9.17) is 4.74 Å². The lowest BCUT2D eigenvalue weighted by Gasteiger charge is -2.42. The monoisotopic (exact) mass is 269 g/mol. The Kier molecular flexibility index (Phi) is 4.68. The molecule has 2 N–H and O–H groups in total. The van der Waals surface area contributed by atoms with Crippen molar-refractivity contribution >= 4 is 6.09 Å². The van der Waals surface area contributed by atoms with Gasteiger partial charge in [-0.3, -0.25) is 5.43 Å². The van der Waals surface area contributed by atoms with Crippen LogP contribution in [0.5, 0.6) is 0 Å². The Bertz CT molecular complexity index is 302. The molecule has 0 spiro atoms. The number of hydrazine groups is 1. The van der Waals surface area contributed by atoms with E-state index in [1.807, 2.05) is 20.8 Å². The lowest BCUT2D eigenvalue weighted by molar-refractivity contribution is 0.0462. The van der Waals surface area contributed by atoms with Gasteiger partial charge in [0.15, 0.2) is 0 Å². The summed E-state index contributed by atoms with van der Waals surface area (Å²) in [6, 6.07) is 1.15. The lowest BCUT2D eigenvalue weighted by Crippen LogP contribution is -2.51. The average Bonchev–Trinajstić information content (AvgIpc) is 2.23. The van der Waals surface area contributed by atoms with Gasteiger partial charge in [0.2, 0.25) is 0 Å². The molecule has 0 aromatic heterocycles. The summed E-state index contributed by atoms with van der Waals surface area (Å²) in [6.45, 7) is 8.15. The van der Waals surface area contributed by atoms with Crippen LogP contribution >= 0.6 is 0 Å². The quantitative estimate of drug-likeness (QED) is 0.770. The molecule has 110 valence electrons. The maximum atomic E-state index is 11.5. The van der Waals surface area contributed by atoms with Gasteiger partial charge in [0.1, 0.15) is 5.60 Å². The number of amides is 1. The number of likely N-dealkylation sites (tertiary alicyclic amines) is 1. The van der Waals surface area contributed by atoms with Gasteiger partial charge in [-0.25, -0.2) is 10.2 Å². The average molecular weight is 269 g/mol. The number of carbonyl (C=O) groups is 1. The summed E-state index contributed by atoms with van der Waals surface area (Å²) in [4.78, 5) is 14.1. The SMILES string of the molecule is CC(C)(C)OC(=O)NN[C@H]1CC[C@H](N2CCC2)CC1. The Morgan fingerprint density at radius 3 is 2.26 bits per heavy atom. The molecular weight excluding hydrogens is 242 g/mol. The van der Waals surface area contributed by atoms with Crippen molar-refractivity contribution in [2.75, 3.05) is 13.1 Å². The van der Waals surface area contributed by atoms with Crippen LogP contribution in [-0.2, 0) is 4.74 Å². The minimum Gasteiger partial charge on any atom is -0.443 e. The highest BCUT2D eigenvalue weighted by atomic mass is 16.6. The van der Waals surface area contributed by atoms with Crippen molar-refractivity contribution in [2.45, 2.75) is 70.6 Å². The standard InChI is InChI=1S/C14H27N3O2/c1-14(2,3)19-13(18)16-15-11-5-7-12(8-6-11)17-9-4-10-17/h11-12,15H,4-10H2,1-3H3,(H,16,18)/t11-,12-. The van der Waals surface area contributed by atoms with E-state index in [1.54, 1.807) is 0 Å². The second-order valence-corrected chi connectivity index (χ2v) is 6.67. The van der Waals surface area contributed by atoms with Crippen molar-refractivity contribution in [2.24, 2.45) is 0 Å². The van der Waals surface area contributed by atoms with Crippen molar-refractivity contribution in [1.29, 1.82) is 0 Å². The predicted octanol–water partition coefficient (Wildman–Crippen LogP) is 2.03. The molecule has 0 unspecified atom stereocenters. The first kappa shape index (κ1) is 14.6. The molecule has 1 aliphatic heterocycles. The summed E-state index contributed by atoms with van der Waals surface area (Å²) < 4.78 is 5.19. The van der Waals surface area contributed by atoms with Crippen LogP contribution in [0, 0.1) is 0 Å². The number of rotatable bonds is 3. The van der Waals surface area contributed by atoms with Gasteiger partial charge in [0.25, 0.3) is 0 Å². The lowest BCUT2D eigenvalue weighted by atomic mass is 9.89. The van der Waals surface area contributed by atoms with Gasteiger partial charge in [-0.2, -0.15) is 0 Å². The fraction of sp³-hybridized carbons (Fsp3) is 0.929. The van der Waals surface area contributed by atoms with Gasteiger partial charge in [-0.1, -0.05) is 0 Å². The zero-order valence-electron chi connectivity index (χ0n) is 12.4. The highest BCUT2D eigenvalue weighted by Gasteiger charge is 2.28. The maximum Gasteiger partial charge on any atom is 0.422 e. The van der Waals surface area contributed by atoms with Gasteiger partial charge < -0.3 is 9.64 Å². The van der Waals surface area contributed by atoms with Crippen LogP contribution in [-0.4, -0.2) is 41.8 Å². The van der Waals surface area contributed by atoms with Crippen molar-refractivity contribution < 1.29 is 9.53 Å². The molecule has 19 heavy (non-hydrogen) atoms. The summed E-state index contributed by atoms with van der Waals surface area (Å²) in [5.41, 5.74) is 5.31. The fourth-order valence-electron chi connectivity index (χ4n) is 2.76. The Labute approximate surface area is 116 Å². The topological polar surface area (TPSA) is 53.6 Å². The molecule has 2 aliphatic rings. The Hall–Kier alpha value is -0.810. The van der Waals surface area contributed by atoms with Gasteiger partial charge in [0.05, 0.1) is 0 Å². The molecule has 2 rings (SSSR count). The Morgan fingerprint density at radius 1 is 1.16 bits per heavy atom. The molecule has 0 bridgehead atoms. The molecule has 1 aliphatic carbocycles.